The Morgan fingerprint density at radius 3 is 2.58 bits per heavy atom. The molecule has 7 heteroatoms. The van der Waals surface area contributed by atoms with Crippen molar-refractivity contribution in [2.45, 2.75) is 18.4 Å². The number of benzene rings is 2. The molecule has 0 saturated heterocycles. The second kappa shape index (κ2) is 7.03. The monoisotopic (exact) mass is 434 g/mol. The maximum Gasteiger partial charge on any atom is 0.259 e. The van der Waals surface area contributed by atoms with Crippen LogP contribution in [0.4, 0.5) is 8.78 Å². The molecule has 0 unspecified atom stereocenters. The molecule has 4 nitrogen and oxygen atoms in total. The largest absolute Gasteiger partial charge is 0.454 e. The summed E-state index contributed by atoms with van der Waals surface area (Å²) in [5.74, 6) is -1.24. The lowest BCUT2D eigenvalue weighted by Crippen LogP contribution is -2.15. The Morgan fingerprint density at radius 1 is 1.10 bits per heavy atom. The molecule has 0 bridgehead atoms. The molecule has 0 spiro atoms. The van der Waals surface area contributed by atoms with Crippen LogP contribution in [0.15, 0.2) is 58.8 Å². The minimum absolute atomic E-state index is 0.103. The van der Waals surface area contributed by atoms with Gasteiger partial charge in [0.05, 0.1) is 5.39 Å². The summed E-state index contributed by atoms with van der Waals surface area (Å²) in [4.78, 5) is 16.3. The van der Waals surface area contributed by atoms with Crippen LogP contribution in [0, 0.1) is 18.2 Å². The van der Waals surface area contributed by atoms with Gasteiger partial charge in [-0.3, -0.25) is 4.79 Å². The van der Waals surface area contributed by atoms with Crippen molar-refractivity contribution in [1.82, 2.24) is 4.57 Å². The molecule has 0 radical (unpaired) electrons. The zero-order chi connectivity index (χ0) is 21.8. The fourth-order valence-electron chi connectivity index (χ4n) is 3.76. The van der Waals surface area contributed by atoms with Crippen molar-refractivity contribution in [3.8, 4) is 22.6 Å². The third-order valence-electron chi connectivity index (χ3n) is 5.64. The third kappa shape index (κ3) is 3.20. The van der Waals surface area contributed by atoms with Gasteiger partial charge in [0.15, 0.2) is 11.6 Å². The highest BCUT2D eigenvalue weighted by molar-refractivity contribution is 7.17. The number of rotatable bonds is 4. The van der Waals surface area contributed by atoms with Crippen molar-refractivity contribution >= 4 is 21.4 Å². The quantitative estimate of drug-likeness (QED) is 0.356. The van der Waals surface area contributed by atoms with Gasteiger partial charge in [-0.25, -0.2) is 15.4 Å². The van der Waals surface area contributed by atoms with Gasteiger partial charge in [-0.05, 0) is 41.8 Å². The van der Waals surface area contributed by atoms with Gasteiger partial charge in [-0.1, -0.05) is 0 Å². The van der Waals surface area contributed by atoms with Crippen molar-refractivity contribution in [3.05, 3.63) is 93.0 Å². The van der Waals surface area contributed by atoms with Crippen LogP contribution in [0.25, 0.3) is 26.1 Å². The molecule has 1 aliphatic rings. The number of fused-ring (bicyclic) bond motifs is 1. The predicted octanol–water partition coefficient (Wildman–Crippen LogP) is 6.25. The molecule has 1 saturated carbocycles. The molecule has 0 amide bonds. The number of aryl methyl sites for hydroxylation is 1. The van der Waals surface area contributed by atoms with Crippen molar-refractivity contribution in [3.63, 3.8) is 0 Å². The number of ether oxygens (including phenoxy) is 1. The molecule has 4 aromatic rings. The topological polar surface area (TPSA) is 35.6 Å². The van der Waals surface area contributed by atoms with Crippen LogP contribution >= 0.6 is 11.3 Å². The predicted molar refractivity (Wildman–Crippen MR) is 116 cm³/mol. The first-order valence-electron chi connectivity index (χ1n) is 9.65. The normalized spacial score (nSPS) is 14.4. The summed E-state index contributed by atoms with van der Waals surface area (Å²) in [5, 5.41) is 2.43. The second-order valence-electron chi connectivity index (χ2n) is 7.65. The summed E-state index contributed by atoms with van der Waals surface area (Å²) in [5.41, 5.74) is 1.63. The van der Waals surface area contributed by atoms with E-state index in [-0.39, 0.29) is 11.3 Å². The lowest BCUT2D eigenvalue weighted by atomic mass is 9.97. The highest BCUT2D eigenvalue weighted by Gasteiger charge is 2.52. The summed E-state index contributed by atoms with van der Waals surface area (Å²) in [7, 11) is 1.68. The molecule has 0 aliphatic heterocycles. The molecular weight excluding hydrogens is 418 g/mol. The third-order valence-corrected chi connectivity index (χ3v) is 6.59. The van der Waals surface area contributed by atoms with Crippen LogP contribution < -0.4 is 10.3 Å². The Kier molecular flexibility index (Phi) is 4.42. The smallest absolute Gasteiger partial charge is 0.259 e. The molecule has 1 aliphatic carbocycles. The highest BCUT2D eigenvalue weighted by atomic mass is 32.1. The summed E-state index contributed by atoms with van der Waals surface area (Å²) in [6.45, 7) is 7.60. The van der Waals surface area contributed by atoms with E-state index in [2.05, 4.69) is 4.85 Å². The minimum Gasteiger partial charge on any atom is -0.454 e. The summed E-state index contributed by atoms with van der Waals surface area (Å²) in [6, 6.07) is 10.3. The van der Waals surface area contributed by atoms with Crippen LogP contribution in [0.1, 0.15) is 18.4 Å². The fourth-order valence-corrected chi connectivity index (χ4v) is 4.67. The van der Waals surface area contributed by atoms with Gasteiger partial charge < -0.3 is 14.1 Å². The number of pyridine rings is 1. The summed E-state index contributed by atoms with van der Waals surface area (Å²) < 4.78 is 35.8. The van der Waals surface area contributed by atoms with Crippen molar-refractivity contribution < 1.29 is 13.5 Å². The molecule has 5 rings (SSSR count). The van der Waals surface area contributed by atoms with E-state index in [9.17, 15) is 13.6 Å². The van der Waals surface area contributed by atoms with E-state index >= 15 is 0 Å². The maximum absolute atomic E-state index is 14.3. The second-order valence-corrected chi connectivity index (χ2v) is 8.57. The van der Waals surface area contributed by atoms with Gasteiger partial charge in [-0.2, -0.15) is 0 Å². The van der Waals surface area contributed by atoms with Crippen LogP contribution in [0.2, 0.25) is 0 Å². The molecule has 2 aromatic carbocycles. The van der Waals surface area contributed by atoms with E-state index in [1.54, 1.807) is 25.4 Å². The Bertz CT molecular complexity index is 1440. The molecule has 31 heavy (non-hydrogen) atoms. The van der Waals surface area contributed by atoms with Gasteiger partial charge in [-0.15, -0.1) is 11.3 Å². The molecule has 2 heterocycles. The Labute approximate surface area is 180 Å². The molecule has 0 atom stereocenters. The minimum atomic E-state index is -0.809. The first-order valence-corrected chi connectivity index (χ1v) is 10.5. The number of aromatic nitrogens is 1. The lowest BCUT2D eigenvalue weighted by molar-refractivity contribution is 0.439. The maximum atomic E-state index is 14.3. The van der Waals surface area contributed by atoms with Crippen molar-refractivity contribution in [2.75, 3.05) is 0 Å². The number of thiophene rings is 1. The highest BCUT2D eigenvalue weighted by Crippen LogP contribution is 2.51. The van der Waals surface area contributed by atoms with E-state index in [1.807, 2.05) is 17.5 Å². The van der Waals surface area contributed by atoms with Gasteiger partial charge in [0.2, 0.25) is 0 Å². The Morgan fingerprint density at radius 2 is 1.87 bits per heavy atom. The van der Waals surface area contributed by atoms with Gasteiger partial charge in [0.1, 0.15) is 11.6 Å². The van der Waals surface area contributed by atoms with Crippen LogP contribution in [-0.4, -0.2) is 4.57 Å². The zero-order valence-electron chi connectivity index (χ0n) is 16.5. The standard InChI is InChI=1S/C24H16F2N2O2S/c1-27-24(8-9-24)14-3-5-20(30-21-6-4-15(25)12-19(21)26)17(11-14)18-13-28(2)23(29)16-7-10-31-22(16)18/h3-7,10-13H,8-9H2,2H3. The molecular formula is C24H16F2N2O2S. The summed E-state index contributed by atoms with van der Waals surface area (Å²) >= 11 is 1.43. The molecule has 0 N–H and O–H groups in total. The summed E-state index contributed by atoms with van der Waals surface area (Å²) in [6.07, 6.45) is 3.29. The van der Waals surface area contributed by atoms with Gasteiger partial charge >= 0.3 is 0 Å². The number of hydrogen-bond acceptors (Lipinski definition) is 3. The number of halogens is 2. The zero-order valence-corrected chi connectivity index (χ0v) is 17.3. The van der Waals surface area contributed by atoms with Crippen LogP contribution in [0.5, 0.6) is 11.5 Å². The van der Waals surface area contributed by atoms with E-state index in [1.165, 1.54) is 22.0 Å². The van der Waals surface area contributed by atoms with E-state index in [4.69, 9.17) is 11.3 Å². The molecule has 2 aromatic heterocycles. The number of hydrogen-bond donors (Lipinski definition) is 0. The van der Waals surface area contributed by atoms with Crippen LogP contribution in [-0.2, 0) is 12.6 Å². The molecule has 1 fully saturated rings. The van der Waals surface area contributed by atoms with Crippen molar-refractivity contribution in [1.29, 1.82) is 0 Å². The first-order chi connectivity index (χ1) is 14.9. The van der Waals surface area contributed by atoms with E-state index < -0.39 is 17.2 Å². The molecule has 154 valence electrons. The number of nitrogens with zero attached hydrogens (tertiary/aromatic N) is 2. The SMILES string of the molecule is [C-]#[N+]C1(c2ccc(Oc3ccc(F)cc3F)c(-c3cn(C)c(=O)c4ccsc34)c2)CC1. The van der Waals surface area contributed by atoms with E-state index in [0.717, 1.165) is 40.8 Å². The van der Waals surface area contributed by atoms with Crippen LogP contribution in [0.3, 0.4) is 0 Å². The van der Waals surface area contributed by atoms with E-state index in [0.29, 0.717) is 16.7 Å². The van der Waals surface area contributed by atoms with Gasteiger partial charge in [0.25, 0.3) is 11.1 Å². The lowest BCUT2D eigenvalue weighted by Gasteiger charge is -2.15. The average molecular weight is 434 g/mol. The van der Waals surface area contributed by atoms with Crippen molar-refractivity contribution in [2.24, 2.45) is 7.05 Å². The average Bonchev–Trinajstić information content (AvgIpc) is 3.41. The Balaban J connectivity index is 1.74. The fraction of sp³-hybridized carbons (Fsp3) is 0.167. The Hall–Kier alpha value is -3.50. The van der Waals surface area contributed by atoms with Gasteiger partial charge in [0, 0.05) is 53.5 Å². The first kappa shape index (κ1) is 19.5.